The molecule has 0 unspecified atom stereocenters. The second kappa shape index (κ2) is 10.2. The monoisotopic (exact) mass is 527 g/mol. The molecule has 0 amide bonds. The Morgan fingerprint density at radius 1 is 1.03 bits per heavy atom. The van der Waals surface area contributed by atoms with Crippen molar-refractivity contribution in [2.45, 2.75) is 38.8 Å². The maximum absolute atomic E-state index is 13.7. The first-order chi connectivity index (χ1) is 17.7. The summed E-state index contributed by atoms with van der Waals surface area (Å²) in [5.74, 6) is 1.11. The number of hydrogen-bond acceptors (Lipinski definition) is 6. The lowest BCUT2D eigenvalue weighted by molar-refractivity contribution is -0.137. The maximum Gasteiger partial charge on any atom is 0.418 e. The van der Waals surface area contributed by atoms with Crippen LogP contribution in [0.5, 0.6) is 0 Å². The summed E-state index contributed by atoms with van der Waals surface area (Å²) >= 11 is 6.03. The highest BCUT2D eigenvalue weighted by atomic mass is 35.5. The van der Waals surface area contributed by atoms with Gasteiger partial charge in [0.05, 0.1) is 35.5 Å². The quantitative estimate of drug-likeness (QED) is 0.311. The van der Waals surface area contributed by atoms with Gasteiger partial charge in [0.1, 0.15) is 11.6 Å². The lowest BCUT2D eigenvalue weighted by Gasteiger charge is -2.34. The molecule has 192 valence electrons. The van der Waals surface area contributed by atoms with Gasteiger partial charge < -0.3 is 10.1 Å². The molecule has 1 aliphatic heterocycles. The summed E-state index contributed by atoms with van der Waals surface area (Å²) in [5, 5.41) is 4.60. The molecule has 1 N–H and O–H groups in total. The predicted molar refractivity (Wildman–Crippen MR) is 138 cm³/mol. The van der Waals surface area contributed by atoms with E-state index in [2.05, 4.69) is 15.2 Å². The number of morpholine rings is 1. The van der Waals surface area contributed by atoms with E-state index in [1.807, 2.05) is 26.0 Å². The zero-order valence-corrected chi connectivity index (χ0v) is 21.0. The summed E-state index contributed by atoms with van der Waals surface area (Å²) in [4.78, 5) is 15.8. The first-order valence-electron chi connectivity index (χ1n) is 11.9. The van der Waals surface area contributed by atoms with Gasteiger partial charge in [0.15, 0.2) is 0 Å². The van der Waals surface area contributed by atoms with Crippen LogP contribution in [0.2, 0.25) is 5.02 Å². The summed E-state index contributed by atoms with van der Waals surface area (Å²) < 4.78 is 46.8. The molecular weight excluding hydrogens is 503 g/mol. The van der Waals surface area contributed by atoms with Gasteiger partial charge in [-0.05, 0) is 62.4 Å². The van der Waals surface area contributed by atoms with Crippen LogP contribution in [0.4, 0.5) is 24.7 Å². The van der Waals surface area contributed by atoms with E-state index in [1.54, 1.807) is 30.3 Å². The van der Waals surface area contributed by atoms with Crippen LogP contribution < -0.4 is 5.32 Å². The fourth-order valence-corrected chi connectivity index (χ4v) is 4.76. The number of benzene rings is 2. The third kappa shape index (κ3) is 5.84. The van der Waals surface area contributed by atoms with E-state index >= 15 is 0 Å². The molecule has 2 atom stereocenters. The molecule has 1 aliphatic rings. The van der Waals surface area contributed by atoms with Crippen molar-refractivity contribution in [3.05, 3.63) is 77.2 Å². The van der Waals surface area contributed by atoms with Gasteiger partial charge in [0.2, 0.25) is 0 Å². The number of ether oxygens (including phenoxy) is 1. The molecule has 4 aromatic rings. The largest absolute Gasteiger partial charge is 0.418 e. The van der Waals surface area contributed by atoms with E-state index < -0.39 is 11.7 Å². The van der Waals surface area contributed by atoms with Gasteiger partial charge in [-0.3, -0.25) is 9.88 Å². The van der Waals surface area contributed by atoms with E-state index in [9.17, 15) is 13.2 Å². The molecule has 0 radical (unpaired) electrons. The van der Waals surface area contributed by atoms with E-state index in [4.69, 9.17) is 26.3 Å². The molecule has 1 saturated heterocycles. The molecule has 5 rings (SSSR count). The smallest absolute Gasteiger partial charge is 0.373 e. The minimum atomic E-state index is -4.53. The maximum atomic E-state index is 13.7. The third-order valence-corrected chi connectivity index (χ3v) is 6.35. The highest BCUT2D eigenvalue weighted by Crippen LogP contribution is 2.37. The van der Waals surface area contributed by atoms with Crippen molar-refractivity contribution in [1.29, 1.82) is 0 Å². The molecular formula is C27H25ClF3N5O. The van der Waals surface area contributed by atoms with Gasteiger partial charge in [-0.15, -0.1) is 0 Å². The second-order valence-electron chi connectivity index (χ2n) is 9.20. The number of aromatic nitrogens is 3. The normalized spacial score (nSPS) is 18.8. The Kier molecular flexibility index (Phi) is 7.02. The van der Waals surface area contributed by atoms with Crippen LogP contribution in [-0.4, -0.2) is 45.1 Å². The highest BCUT2D eigenvalue weighted by Gasteiger charge is 2.34. The fraction of sp³-hybridized carbons (Fsp3) is 0.296. The minimum Gasteiger partial charge on any atom is -0.373 e. The average molecular weight is 528 g/mol. The number of nitrogens with zero attached hydrogens (tertiary/aromatic N) is 4. The van der Waals surface area contributed by atoms with Crippen molar-refractivity contribution < 1.29 is 17.9 Å². The highest BCUT2D eigenvalue weighted by molar-refractivity contribution is 6.30. The first-order valence-corrected chi connectivity index (χ1v) is 12.3. The Hall–Kier alpha value is -3.27. The molecule has 6 nitrogen and oxygen atoms in total. The lowest BCUT2D eigenvalue weighted by atomic mass is 10.0. The Morgan fingerprint density at radius 3 is 2.46 bits per heavy atom. The average Bonchev–Trinajstić information content (AvgIpc) is 2.84. The van der Waals surface area contributed by atoms with Crippen molar-refractivity contribution in [2.24, 2.45) is 0 Å². The molecule has 0 spiro atoms. The first kappa shape index (κ1) is 25.4. The minimum absolute atomic E-state index is 0.0763. The van der Waals surface area contributed by atoms with Crippen LogP contribution in [0.3, 0.4) is 0 Å². The van der Waals surface area contributed by atoms with Crippen molar-refractivity contribution in [3.63, 3.8) is 0 Å². The fourth-order valence-electron chi connectivity index (χ4n) is 4.64. The zero-order chi connectivity index (χ0) is 26.2. The van der Waals surface area contributed by atoms with Gasteiger partial charge >= 0.3 is 6.18 Å². The molecule has 2 aromatic carbocycles. The number of alkyl halides is 3. The number of halogens is 4. The van der Waals surface area contributed by atoms with Crippen LogP contribution in [0, 0.1) is 0 Å². The van der Waals surface area contributed by atoms with E-state index in [0.717, 1.165) is 24.8 Å². The summed E-state index contributed by atoms with van der Waals surface area (Å²) in [6, 6.07) is 14.5. The summed E-state index contributed by atoms with van der Waals surface area (Å²) in [6.07, 6.45) is -3.02. The lowest BCUT2D eigenvalue weighted by Crippen LogP contribution is -2.45. The Morgan fingerprint density at radius 2 is 1.76 bits per heavy atom. The molecule has 1 fully saturated rings. The molecule has 2 aromatic heterocycles. The standard InChI is InChI=1S/C27H25ClF3N5O/c1-16-13-36(14-17(2)37-16)15-24-34-23-12-18(25-22(27(29,30)31)4-3-11-32-25)5-10-21(23)26(35-24)33-20-8-6-19(28)7-9-20/h3-12,16-17H,13-15H2,1-2H3,(H,33,34,35)/t16-,17-/m1/s1. The van der Waals surface area contributed by atoms with Crippen LogP contribution in [0.15, 0.2) is 60.8 Å². The molecule has 10 heteroatoms. The Balaban J connectivity index is 1.58. The summed E-state index contributed by atoms with van der Waals surface area (Å²) in [6.45, 7) is 5.98. The van der Waals surface area contributed by atoms with Gasteiger partial charge in [0.25, 0.3) is 0 Å². The number of nitrogens with one attached hydrogen (secondary N) is 1. The second-order valence-corrected chi connectivity index (χ2v) is 9.64. The molecule has 37 heavy (non-hydrogen) atoms. The zero-order valence-electron chi connectivity index (χ0n) is 20.3. The molecule has 0 aliphatic carbocycles. The van der Waals surface area contributed by atoms with Crippen LogP contribution in [0.25, 0.3) is 22.2 Å². The van der Waals surface area contributed by atoms with Gasteiger partial charge in [-0.2, -0.15) is 13.2 Å². The van der Waals surface area contributed by atoms with Crippen molar-refractivity contribution in [1.82, 2.24) is 19.9 Å². The number of hydrogen-bond donors (Lipinski definition) is 1. The Labute approximate surface area is 217 Å². The number of pyridine rings is 1. The van der Waals surface area contributed by atoms with Crippen molar-refractivity contribution in [3.8, 4) is 11.3 Å². The summed E-state index contributed by atoms with van der Waals surface area (Å²) in [7, 11) is 0. The van der Waals surface area contributed by atoms with E-state index in [1.165, 1.54) is 12.3 Å². The molecule has 3 heterocycles. The molecule has 0 bridgehead atoms. The molecule has 0 saturated carbocycles. The van der Waals surface area contributed by atoms with Gasteiger partial charge in [0, 0.05) is 40.9 Å². The Bertz CT molecular complexity index is 1400. The number of anilines is 2. The predicted octanol–water partition coefficient (Wildman–Crippen LogP) is 6.72. The van der Waals surface area contributed by atoms with E-state index in [0.29, 0.717) is 39.7 Å². The van der Waals surface area contributed by atoms with Crippen LogP contribution >= 0.6 is 11.6 Å². The SMILES string of the molecule is C[C@@H]1CN(Cc2nc(Nc3ccc(Cl)cc3)c3ccc(-c4ncccc4C(F)(F)F)cc3n2)C[C@@H](C)O1. The van der Waals surface area contributed by atoms with Crippen LogP contribution in [-0.2, 0) is 17.5 Å². The topological polar surface area (TPSA) is 63.2 Å². The van der Waals surface area contributed by atoms with Crippen LogP contribution in [0.1, 0.15) is 25.2 Å². The van der Waals surface area contributed by atoms with Gasteiger partial charge in [-0.25, -0.2) is 9.97 Å². The van der Waals surface area contributed by atoms with E-state index in [-0.39, 0.29) is 17.9 Å². The van der Waals surface area contributed by atoms with Gasteiger partial charge in [-0.1, -0.05) is 17.7 Å². The third-order valence-electron chi connectivity index (χ3n) is 6.10. The summed E-state index contributed by atoms with van der Waals surface area (Å²) in [5.41, 5.74) is 0.694. The number of fused-ring (bicyclic) bond motifs is 1. The number of rotatable bonds is 5. The van der Waals surface area contributed by atoms with Crippen molar-refractivity contribution in [2.75, 3.05) is 18.4 Å². The van der Waals surface area contributed by atoms with Crippen molar-refractivity contribution >= 4 is 34.0 Å².